The van der Waals surface area contributed by atoms with Gasteiger partial charge in [-0.1, -0.05) is 355 Å². The maximum absolute atomic E-state index is 12.9. The van der Waals surface area contributed by atoms with E-state index >= 15 is 0 Å². The summed E-state index contributed by atoms with van der Waals surface area (Å²) in [5.41, 5.74) is 0. The minimum Gasteiger partial charge on any atom is -0.462 e. The third kappa shape index (κ3) is 61.3. The van der Waals surface area contributed by atoms with Crippen molar-refractivity contribution in [3.8, 4) is 0 Å². The normalized spacial score (nSPS) is 12.0. The number of esters is 3. The summed E-state index contributed by atoms with van der Waals surface area (Å²) >= 11 is 0. The Labute approximate surface area is 463 Å². The van der Waals surface area contributed by atoms with E-state index in [-0.39, 0.29) is 31.1 Å². The summed E-state index contributed by atoms with van der Waals surface area (Å²) < 4.78 is 17.0. The van der Waals surface area contributed by atoms with Crippen LogP contribution >= 0.6 is 0 Å². The molecule has 0 aliphatic heterocycles. The molecule has 74 heavy (non-hydrogen) atoms. The number of hydrogen-bond donors (Lipinski definition) is 0. The van der Waals surface area contributed by atoms with Gasteiger partial charge in [0.2, 0.25) is 0 Å². The molecule has 0 fully saturated rings. The number of rotatable bonds is 63. The first-order chi connectivity index (χ1) is 36.4. The summed E-state index contributed by atoms with van der Waals surface area (Å²) in [5, 5.41) is 0. The Morgan fingerprint density at radius 2 is 0.446 bits per heavy atom. The maximum Gasteiger partial charge on any atom is 0.306 e. The molecular formula is C68H132O6. The smallest absolute Gasteiger partial charge is 0.306 e. The summed E-state index contributed by atoms with van der Waals surface area (Å²) in [7, 11) is 0. The molecule has 6 nitrogen and oxygen atoms in total. The van der Waals surface area contributed by atoms with Crippen LogP contribution < -0.4 is 0 Å². The molecule has 440 valence electrons. The van der Waals surface area contributed by atoms with Crippen molar-refractivity contribution in [3.63, 3.8) is 0 Å². The van der Waals surface area contributed by atoms with Gasteiger partial charge in [-0.05, 0) is 25.2 Å². The molecule has 0 N–H and O–H groups in total. The average molecular weight is 1050 g/mol. The lowest BCUT2D eigenvalue weighted by Gasteiger charge is -2.18. The van der Waals surface area contributed by atoms with Gasteiger partial charge in [0.05, 0.1) is 0 Å². The molecule has 0 unspecified atom stereocenters. The molecule has 0 heterocycles. The Hall–Kier alpha value is -1.59. The Balaban J connectivity index is 4.28. The van der Waals surface area contributed by atoms with Gasteiger partial charge < -0.3 is 14.2 Å². The summed E-state index contributed by atoms with van der Waals surface area (Å²) in [6.45, 7) is 9.11. The first-order valence-corrected chi connectivity index (χ1v) is 33.9. The Bertz CT molecular complexity index is 1120. The van der Waals surface area contributed by atoms with Crippen molar-refractivity contribution in [2.45, 2.75) is 400 Å². The molecule has 0 saturated heterocycles. The largest absolute Gasteiger partial charge is 0.462 e. The molecule has 0 aliphatic carbocycles. The molecule has 0 rings (SSSR count). The van der Waals surface area contributed by atoms with Crippen LogP contribution in [0.15, 0.2) is 0 Å². The van der Waals surface area contributed by atoms with Gasteiger partial charge in [-0.25, -0.2) is 0 Å². The highest BCUT2D eigenvalue weighted by atomic mass is 16.6. The topological polar surface area (TPSA) is 78.9 Å². The number of carbonyl (C=O) groups excluding carboxylic acids is 3. The minimum absolute atomic E-state index is 0.0608. The minimum atomic E-state index is -0.764. The Morgan fingerprint density at radius 1 is 0.257 bits per heavy atom. The third-order valence-corrected chi connectivity index (χ3v) is 15.8. The highest BCUT2D eigenvalue weighted by molar-refractivity contribution is 5.71. The maximum atomic E-state index is 12.9. The van der Waals surface area contributed by atoms with Crippen molar-refractivity contribution in [2.24, 2.45) is 5.92 Å². The van der Waals surface area contributed by atoms with Crippen LogP contribution in [0.4, 0.5) is 0 Å². The standard InChI is InChI=1S/C68H132O6/c1-5-7-9-11-13-15-17-19-21-23-25-27-31-35-39-43-47-51-55-59-66(69)72-62-65(63-73-67(70)60-56-52-48-44-40-36-33-29-30-34-38-42-46-50-54-58-64(3)4)74-68(71)61-57-53-49-45-41-37-32-28-26-24-22-20-18-16-14-12-10-8-6-2/h64-65H,5-63H2,1-4H3/t65-/m1/s1. The molecule has 0 bridgehead atoms. The van der Waals surface area contributed by atoms with Crippen molar-refractivity contribution in [3.05, 3.63) is 0 Å². The van der Waals surface area contributed by atoms with Crippen molar-refractivity contribution >= 4 is 17.9 Å². The monoisotopic (exact) mass is 1050 g/mol. The van der Waals surface area contributed by atoms with Crippen LogP contribution in [0.25, 0.3) is 0 Å². The summed E-state index contributed by atoms with van der Waals surface area (Å²) in [6.07, 6.45) is 71.1. The second-order valence-electron chi connectivity index (χ2n) is 23.9. The fourth-order valence-corrected chi connectivity index (χ4v) is 10.7. The van der Waals surface area contributed by atoms with Crippen molar-refractivity contribution in [2.75, 3.05) is 13.2 Å². The summed E-state index contributed by atoms with van der Waals surface area (Å²) in [6, 6.07) is 0. The van der Waals surface area contributed by atoms with Crippen molar-refractivity contribution in [1.82, 2.24) is 0 Å². The van der Waals surface area contributed by atoms with Gasteiger partial charge in [-0.15, -0.1) is 0 Å². The molecule has 0 aromatic heterocycles. The van der Waals surface area contributed by atoms with Crippen LogP contribution in [0, 0.1) is 5.92 Å². The number of carbonyl (C=O) groups is 3. The average Bonchev–Trinajstić information content (AvgIpc) is 3.39. The van der Waals surface area contributed by atoms with Crippen LogP contribution in [-0.4, -0.2) is 37.2 Å². The lowest BCUT2D eigenvalue weighted by atomic mass is 10.0. The molecule has 0 amide bonds. The predicted octanol–water partition coefficient (Wildman–Crippen LogP) is 22.9. The molecule has 0 aromatic carbocycles. The van der Waals surface area contributed by atoms with E-state index < -0.39 is 6.10 Å². The molecular weight excluding hydrogens is 913 g/mol. The SMILES string of the molecule is CCCCCCCCCCCCCCCCCCCCCC(=O)OC[C@H](COC(=O)CCCCCCCCCCCCCCCCCC(C)C)OC(=O)CCCCCCCCCCCCCCCCCCCCC. The van der Waals surface area contributed by atoms with E-state index in [1.54, 1.807) is 0 Å². The zero-order valence-electron chi connectivity index (χ0n) is 50.8. The Kier molecular flexibility index (Phi) is 60.9. The van der Waals surface area contributed by atoms with E-state index in [9.17, 15) is 14.4 Å². The van der Waals surface area contributed by atoms with Gasteiger partial charge in [0.15, 0.2) is 6.10 Å². The lowest BCUT2D eigenvalue weighted by molar-refractivity contribution is -0.167. The first-order valence-electron chi connectivity index (χ1n) is 33.9. The van der Waals surface area contributed by atoms with Crippen LogP contribution in [0.2, 0.25) is 0 Å². The van der Waals surface area contributed by atoms with Crippen molar-refractivity contribution < 1.29 is 28.6 Å². The molecule has 1 atom stereocenters. The highest BCUT2D eigenvalue weighted by Gasteiger charge is 2.19. The lowest BCUT2D eigenvalue weighted by Crippen LogP contribution is -2.30. The molecule has 6 heteroatoms. The van der Waals surface area contributed by atoms with Crippen molar-refractivity contribution in [1.29, 1.82) is 0 Å². The molecule has 0 saturated carbocycles. The van der Waals surface area contributed by atoms with E-state index in [1.807, 2.05) is 0 Å². The molecule has 0 aromatic rings. The molecule has 0 aliphatic rings. The van der Waals surface area contributed by atoms with Gasteiger partial charge in [0.25, 0.3) is 0 Å². The van der Waals surface area contributed by atoms with E-state index in [1.165, 1.54) is 289 Å². The zero-order chi connectivity index (χ0) is 53.7. The predicted molar refractivity (Wildman–Crippen MR) is 321 cm³/mol. The first kappa shape index (κ1) is 72.4. The number of hydrogen-bond acceptors (Lipinski definition) is 6. The zero-order valence-corrected chi connectivity index (χ0v) is 50.8. The summed E-state index contributed by atoms with van der Waals surface area (Å²) in [4.78, 5) is 38.4. The van der Waals surface area contributed by atoms with E-state index in [2.05, 4.69) is 27.7 Å². The van der Waals surface area contributed by atoms with Crippen LogP contribution in [-0.2, 0) is 28.6 Å². The van der Waals surface area contributed by atoms with Gasteiger partial charge in [0.1, 0.15) is 13.2 Å². The molecule has 0 spiro atoms. The van der Waals surface area contributed by atoms with Gasteiger partial charge in [-0.3, -0.25) is 14.4 Å². The number of ether oxygens (including phenoxy) is 3. The van der Waals surface area contributed by atoms with E-state index in [0.717, 1.165) is 63.7 Å². The van der Waals surface area contributed by atoms with Gasteiger partial charge in [-0.2, -0.15) is 0 Å². The second kappa shape index (κ2) is 62.3. The van der Waals surface area contributed by atoms with Gasteiger partial charge >= 0.3 is 17.9 Å². The Morgan fingerprint density at radius 3 is 0.662 bits per heavy atom. The van der Waals surface area contributed by atoms with Gasteiger partial charge in [0, 0.05) is 19.3 Å². The highest BCUT2D eigenvalue weighted by Crippen LogP contribution is 2.19. The fourth-order valence-electron chi connectivity index (χ4n) is 10.7. The fraction of sp³-hybridized carbons (Fsp3) is 0.956. The third-order valence-electron chi connectivity index (χ3n) is 15.8. The number of unbranched alkanes of at least 4 members (excludes halogenated alkanes) is 50. The van der Waals surface area contributed by atoms with E-state index in [4.69, 9.17) is 14.2 Å². The quantitative estimate of drug-likeness (QED) is 0.0343. The van der Waals surface area contributed by atoms with E-state index in [0.29, 0.717) is 19.3 Å². The molecule has 0 radical (unpaired) electrons. The summed E-state index contributed by atoms with van der Waals surface area (Å²) in [5.74, 6) is 0.0260. The van der Waals surface area contributed by atoms with Crippen LogP contribution in [0.3, 0.4) is 0 Å². The second-order valence-corrected chi connectivity index (χ2v) is 23.9. The van der Waals surface area contributed by atoms with Crippen LogP contribution in [0.5, 0.6) is 0 Å². The van der Waals surface area contributed by atoms with Crippen LogP contribution in [0.1, 0.15) is 394 Å².